The van der Waals surface area contributed by atoms with E-state index in [0.717, 1.165) is 0 Å². The van der Waals surface area contributed by atoms with Gasteiger partial charge in [-0.2, -0.15) is 0 Å². The molecule has 0 spiro atoms. The van der Waals surface area contributed by atoms with Crippen molar-refractivity contribution in [1.82, 2.24) is 0 Å². The average Bonchev–Trinajstić information content (AvgIpc) is 2.10. The van der Waals surface area contributed by atoms with Gasteiger partial charge < -0.3 is 9.84 Å². The molecule has 0 fully saturated rings. The third kappa shape index (κ3) is 7.51. The summed E-state index contributed by atoms with van der Waals surface area (Å²) in [5, 5.41) is 9.03. The first-order valence-corrected chi connectivity index (χ1v) is 6.93. The predicted octanol–water partition coefficient (Wildman–Crippen LogP) is 1.29. The van der Waals surface area contributed by atoms with E-state index in [0.29, 0.717) is 16.6 Å². The lowest BCUT2D eigenvalue weighted by molar-refractivity contribution is -0.145. The molecule has 0 amide bonds. The van der Waals surface area contributed by atoms with E-state index in [1.807, 2.05) is 22.6 Å². The second-order valence-electron chi connectivity index (χ2n) is 2.07. The molecule has 0 saturated heterocycles. The number of aliphatic hydroxyl groups is 1. The van der Waals surface area contributed by atoms with Crippen LogP contribution in [0.3, 0.4) is 0 Å². The Morgan fingerprint density at radius 3 is 2.92 bits per heavy atom. The fraction of sp³-hybridized carbons (Fsp3) is 0.833. The Kier molecular flexibility index (Phi) is 9.06. The maximum atomic E-state index is 10.8. The van der Waals surface area contributed by atoms with Crippen molar-refractivity contribution in [3.63, 3.8) is 0 Å². The number of hydrogen-bond donors (Lipinski definition) is 2. The second kappa shape index (κ2) is 8.46. The van der Waals surface area contributed by atoms with Crippen LogP contribution in [0.5, 0.6) is 0 Å². The Morgan fingerprint density at radius 2 is 2.42 bits per heavy atom. The monoisotopic (exact) mass is 322 g/mol. The maximum Gasteiger partial charge on any atom is 0.306 e. The van der Waals surface area contributed by atoms with Crippen LogP contribution in [-0.2, 0) is 9.53 Å². The number of carbonyl (C=O) groups is 1. The largest absolute Gasteiger partial charge is 0.463 e. The number of rotatable bonds is 6. The number of hydrogen-bond acceptors (Lipinski definition) is 5. The maximum absolute atomic E-state index is 10.8. The highest BCUT2D eigenvalue weighted by atomic mass is 127. The van der Waals surface area contributed by atoms with Gasteiger partial charge in [0.15, 0.2) is 0 Å². The van der Waals surface area contributed by atoms with E-state index in [2.05, 4.69) is 11.7 Å². The van der Waals surface area contributed by atoms with Crippen LogP contribution in [0.1, 0.15) is 6.42 Å². The second-order valence-corrected chi connectivity index (χ2v) is 4.40. The number of halogens is 1. The molecule has 72 valence electrons. The van der Waals surface area contributed by atoms with Crippen molar-refractivity contribution in [2.75, 3.05) is 16.8 Å². The highest BCUT2D eigenvalue weighted by Crippen LogP contribution is 2.06. The van der Waals surface area contributed by atoms with Crippen molar-refractivity contribution in [3.05, 3.63) is 0 Å². The molecule has 6 heteroatoms. The van der Waals surface area contributed by atoms with Gasteiger partial charge in [-0.25, -0.2) is 0 Å². The molecule has 0 aliphatic heterocycles. The van der Waals surface area contributed by atoms with E-state index < -0.39 is 6.10 Å². The molecule has 0 aromatic rings. The summed E-state index contributed by atoms with van der Waals surface area (Å²) >= 11 is 5.91. The van der Waals surface area contributed by atoms with Gasteiger partial charge in [0, 0.05) is 10.2 Å². The first-order chi connectivity index (χ1) is 5.70. The average molecular weight is 322 g/mol. The molecule has 3 nitrogen and oxygen atoms in total. The van der Waals surface area contributed by atoms with E-state index in [1.165, 1.54) is 10.8 Å². The SMILES string of the molecule is O=C(CCSS)OCC(O)CI. The summed E-state index contributed by atoms with van der Waals surface area (Å²) in [5.41, 5.74) is 0. The highest BCUT2D eigenvalue weighted by Gasteiger charge is 2.06. The normalized spacial score (nSPS) is 12.6. The zero-order valence-corrected chi connectivity index (χ0v) is 10.3. The first kappa shape index (κ1) is 12.9. The number of ether oxygens (including phenoxy) is 1. The Bertz CT molecular complexity index is 134. The minimum atomic E-state index is -0.543. The minimum absolute atomic E-state index is 0.0962. The quantitative estimate of drug-likeness (QED) is 0.254. The molecule has 1 N–H and O–H groups in total. The van der Waals surface area contributed by atoms with Crippen molar-refractivity contribution in [2.45, 2.75) is 12.5 Å². The fourth-order valence-corrected chi connectivity index (χ4v) is 1.22. The third-order valence-corrected chi connectivity index (χ3v) is 2.96. The summed E-state index contributed by atoms with van der Waals surface area (Å²) in [6, 6.07) is 0. The Balaban J connectivity index is 3.31. The predicted molar refractivity (Wildman–Crippen MR) is 61.9 cm³/mol. The van der Waals surface area contributed by atoms with Crippen LogP contribution in [-0.4, -0.2) is 34.0 Å². The molecule has 0 bridgehead atoms. The Labute approximate surface area is 94.6 Å². The summed E-state index contributed by atoms with van der Waals surface area (Å²) in [6.07, 6.45) is -0.194. The lowest BCUT2D eigenvalue weighted by Crippen LogP contribution is -2.19. The van der Waals surface area contributed by atoms with Crippen LogP contribution in [0.15, 0.2) is 0 Å². The smallest absolute Gasteiger partial charge is 0.306 e. The van der Waals surface area contributed by atoms with E-state index in [-0.39, 0.29) is 12.6 Å². The zero-order chi connectivity index (χ0) is 9.40. The van der Waals surface area contributed by atoms with Crippen LogP contribution in [0.25, 0.3) is 0 Å². The van der Waals surface area contributed by atoms with Crippen molar-refractivity contribution >= 4 is 51.0 Å². The van der Waals surface area contributed by atoms with Crippen molar-refractivity contribution in [2.24, 2.45) is 0 Å². The van der Waals surface area contributed by atoms with Gasteiger partial charge in [-0.3, -0.25) is 4.79 Å². The summed E-state index contributed by atoms with van der Waals surface area (Å²) in [5.74, 6) is 0.364. The lowest BCUT2D eigenvalue weighted by atomic mass is 10.4. The summed E-state index contributed by atoms with van der Waals surface area (Å²) in [4.78, 5) is 10.8. The third-order valence-electron chi connectivity index (χ3n) is 1.01. The van der Waals surface area contributed by atoms with Gasteiger partial charge >= 0.3 is 5.97 Å². The van der Waals surface area contributed by atoms with Crippen LogP contribution >= 0.6 is 45.0 Å². The van der Waals surface area contributed by atoms with Crippen molar-refractivity contribution in [1.29, 1.82) is 0 Å². The molecule has 0 aliphatic rings. The number of carbonyl (C=O) groups excluding carboxylic acids is 1. The first-order valence-electron chi connectivity index (χ1n) is 3.36. The molecule has 1 unspecified atom stereocenters. The minimum Gasteiger partial charge on any atom is -0.463 e. The van der Waals surface area contributed by atoms with E-state index in [1.54, 1.807) is 0 Å². The van der Waals surface area contributed by atoms with E-state index in [4.69, 9.17) is 9.84 Å². The molecule has 0 radical (unpaired) electrons. The van der Waals surface area contributed by atoms with Crippen LogP contribution in [0, 0.1) is 0 Å². The van der Waals surface area contributed by atoms with Crippen molar-refractivity contribution in [3.8, 4) is 0 Å². The molecule has 0 aromatic heterocycles. The van der Waals surface area contributed by atoms with Crippen LogP contribution < -0.4 is 0 Å². The van der Waals surface area contributed by atoms with Crippen molar-refractivity contribution < 1.29 is 14.6 Å². The molecule has 0 rings (SSSR count). The Hall–Kier alpha value is 0.860. The van der Waals surface area contributed by atoms with Gasteiger partial charge in [-0.15, -0.1) is 11.7 Å². The summed E-state index contributed by atoms with van der Waals surface area (Å²) in [6.45, 7) is 0.0962. The van der Waals surface area contributed by atoms with Gasteiger partial charge in [0.1, 0.15) is 6.61 Å². The fourth-order valence-electron chi connectivity index (χ4n) is 0.435. The highest BCUT2D eigenvalue weighted by molar-refractivity contribution is 14.1. The molecular formula is C6H11IO3S2. The molecule has 0 heterocycles. The molecule has 12 heavy (non-hydrogen) atoms. The number of aliphatic hydroxyl groups excluding tert-OH is 1. The summed E-state index contributed by atoms with van der Waals surface area (Å²) < 4.78 is 5.33. The summed E-state index contributed by atoms with van der Waals surface area (Å²) in [7, 11) is 1.30. The number of thiol groups is 1. The van der Waals surface area contributed by atoms with Gasteiger partial charge in [0.05, 0.1) is 12.5 Å². The molecular weight excluding hydrogens is 311 g/mol. The molecule has 0 saturated carbocycles. The van der Waals surface area contributed by atoms with E-state index >= 15 is 0 Å². The van der Waals surface area contributed by atoms with Gasteiger partial charge in [-0.05, 0) is 0 Å². The lowest BCUT2D eigenvalue weighted by Gasteiger charge is -2.07. The molecule has 0 aromatic carbocycles. The van der Waals surface area contributed by atoms with E-state index in [9.17, 15) is 4.79 Å². The van der Waals surface area contributed by atoms with Gasteiger partial charge in [0.2, 0.25) is 0 Å². The van der Waals surface area contributed by atoms with Crippen LogP contribution in [0.2, 0.25) is 0 Å². The van der Waals surface area contributed by atoms with Crippen LogP contribution in [0.4, 0.5) is 0 Å². The standard InChI is InChI=1S/C6H11IO3S2/c7-3-5(8)4-10-6(9)1-2-12-11/h5,8,11H,1-4H2. The number of alkyl halides is 1. The molecule has 0 aliphatic carbocycles. The zero-order valence-electron chi connectivity index (χ0n) is 6.40. The van der Waals surface area contributed by atoms with Gasteiger partial charge in [0.25, 0.3) is 0 Å². The molecule has 1 atom stereocenters. The topological polar surface area (TPSA) is 46.5 Å². The number of esters is 1. The van der Waals surface area contributed by atoms with Gasteiger partial charge in [-0.1, -0.05) is 33.4 Å². The Morgan fingerprint density at radius 1 is 1.75 bits per heavy atom.